The normalized spacial score (nSPS) is 14.8. The van der Waals surface area contributed by atoms with E-state index in [-0.39, 0.29) is 5.69 Å². The van der Waals surface area contributed by atoms with Crippen molar-refractivity contribution in [3.8, 4) is 5.69 Å². The molecule has 3 nitrogen and oxygen atoms in total. The predicted molar refractivity (Wildman–Crippen MR) is 68.0 cm³/mol. The molecule has 6 heteroatoms. The van der Waals surface area contributed by atoms with E-state index in [2.05, 4.69) is 10.4 Å². The van der Waals surface area contributed by atoms with Crippen molar-refractivity contribution in [1.29, 1.82) is 0 Å². The van der Waals surface area contributed by atoms with Crippen LogP contribution in [0.15, 0.2) is 18.3 Å². The predicted octanol–water partition coefficient (Wildman–Crippen LogP) is 2.85. The summed E-state index contributed by atoms with van der Waals surface area (Å²) in [7, 11) is 0. The van der Waals surface area contributed by atoms with E-state index in [1.807, 2.05) is 0 Å². The van der Waals surface area contributed by atoms with Gasteiger partial charge in [-0.25, -0.2) is 17.9 Å². The van der Waals surface area contributed by atoms with E-state index in [0.717, 1.165) is 11.6 Å². The van der Waals surface area contributed by atoms with E-state index >= 15 is 0 Å². The first-order chi connectivity index (χ1) is 9.56. The molecule has 0 unspecified atom stereocenters. The second-order valence-corrected chi connectivity index (χ2v) is 5.04. The Morgan fingerprint density at radius 2 is 1.90 bits per heavy atom. The number of aromatic nitrogens is 2. The smallest absolute Gasteiger partial charge is 0.161 e. The van der Waals surface area contributed by atoms with Crippen LogP contribution in [0.4, 0.5) is 13.2 Å². The van der Waals surface area contributed by atoms with Crippen molar-refractivity contribution in [3.05, 3.63) is 47.0 Å². The molecule has 0 saturated heterocycles. The highest BCUT2D eigenvalue weighted by molar-refractivity contribution is 5.37. The van der Waals surface area contributed by atoms with Crippen molar-refractivity contribution in [3.63, 3.8) is 0 Å². The summed E-state index contributed by atoms with van der Waals surface area (Å²) in [5.41, 5.74) is 1.54. The Morgan fingerprint density at radius 1 is 1.20 bits per heavy atom. The lowest BCUT2D eigenvalue weighted by atomic mass is 10.2. The molecular weight excluding hydrogens is 267 g/mol. The van der Waals surface area contributed by atoms with Gasteiger partial charge in [0.25, 0.3) is 0 Å². The van der Waals surface area contributed by atoms with E-state index in [9.17, 15) is 13.2 Å². The maximum absolute atomic E-state index is 13.7. The summed E-state index contributed by atoms with van der Waals surface area (Å²) in [6, 6.07) is 1.91. The van der Waals surface area contributed by atoms with Crippen LogP contribution >= 0.6 is 0 Å². The third-order valence-corrected chi connectivity index (χ3v) is 3.49. The zero-order valence-electron chi connectivity index (χ0n) is 11.0. The van der Waals surface area contributed by atoms with E-state index in [4.69, 9.17) is 0 Å². The largest absolute Gasteiger partial charge is 0.310 e. The average molecular weight is 281 g/mol. The van der Waals surface area contributed by atoms with Gasteiger partial charge in [0.15, 0.2) is 17.5 Å². The molecule has 1 aliphatic rings. The van der Waals surface area contributed by atoms with Gasteiger partial charge in [-0.15, -0.1) is 0 Å². The van der Waals surface area contributed by atoms with Gasteiger partial charge in [0.2, 0.25) is 0 Å². The minimum absolute atomic E-state index is 0.0842. The first-order valence-corrected chi connectivity index (χ1v) is 6.48. The average Bonchev–Trinajstić information content (AvgIpc) is 3.16. The standard InChI is InChI=1S/C14H14F3N3/c1-8-9(6-18-10-2-3-10)7-19-20(8)14-5-12(16)11(15)4-13(14)17/h4-5,7,10,18H,2-3,6H2,1H3. The van der Waals surface area contributed by atoms with Crippen molar-refractivity contribution in [2.24, 2.45) is 0 Å². The van der Waals surface area contributed by atoms with Gasteiger partial charge in [-0.3, -0.25) is 0 Å². The molecule has 0 bridgehead atoms. The summed E-state index contributed by atoms with van der Waals surface area (Å²) >= 11 is 0. The molecule has 1 aromatic carbocycles. The SMILES string of the molecule is Cc1c(CNC2CC2)cnn1-c1cc(F)c(F)cc1F. The van der Waals surface area contributed by atoms with Gasteiger partial charge in [0, 0.05) is 36.0 Å². The lowest BCUT2D eigenvalue weighted by Crippen LogP contribution is -2.15. The molecule has 1 aliphatic carbocycles. The molecule has 0 aliphatic heterocycles. The van der Waals surface area contributed by atoms with E-state index in [1.54, 1.807) is 13.1 Å². The molecule has 1 aromatic heterocycles. The molecule has 2 aromatic rings. The van der Waals surface area contributed by atoms with E-state index < -0.39 is 17.5 Å². The summed E-state index contributed by atoms with van der Waals surface area (Å²) < 4.78 is 41.2. The Hall–Kier alpha value is -1.82. The fourth-order valence-corrected chi connectivity index (χ4v) is 2.08. The van der Waals surface area contributed by atoms with Crippen LogP contribution in [0.3, 0.4) is 0 Å². The molecule has 1 fully saturated rings. The maximum atomic E-state index is 13.7. The van der Waals surface area contributed by atoms with Gasteiger partial charge >= 0.3 is 0 Å². The zero-order chi connectivity index (χ0) is 14.3. The summed E-state index contributed by atoms with van der Waals surface area (Å²) in [5, 5.41) is 7.40. The van der Waals surface area contributed by atoms with Crippen molar-refractivity contribution < 1.29 is 13.2 Å². The van der Waals surface area contributed by atoms with Crippen LogP contribution in [0.1, 0.15) is 24.1 Å². The number of halogens is 3. The van der Waals surface area contributed by atoms with Crippen LogP contribution in [0.2, 0.25) is 0 Å². The quantitative estimate of drug-likeness (QED) is 0.873. The van der Waals surface area contributed by atoms with Crippen LogP contribution in [0.5, 0.6) is 0 Å². The van der Waals surface area contributed by atoms with Crippen molar-refractivity contribution in [2.45, 2.75) is 32.4 Å². The van der Waals surface area contributed by atoms with Crippen LogP contribution in [-0.2, 0) is 6.54 Å². The third-order valence-electron chi connectivity index (χ3n) is 3.49. The lowest BCUT2D eigenvalue weighted by Gasteiger charge is -2.08. The Morgan fingerprint density at radius 3 is 2.60 bits per heavy atom. The van der Waals surface area contributed by atoms with E-state index in [0.29, 0.717) is 24.3 Å². The molecule has 1 heterocycles. The van der Waals surface area contributed by atoms with Crippen LogP contribution < -0.4 is 5.32 Å². The van der Waals surface area contributed by atoms with Gasteiger partial charge in [-0.1, -0.05) is 0 Å². The van der Waals surface area contributed by atoms with Gasteiger partial charge in [0.1, 0.15) is 5.69 Å². The van der Waals surface area contributed by atoms with Crippen molar-refractivity contribution in [1.82, 2.24) is 15.1 Å². The minimum atomic E-state index is -1.20. The second kappa shape index (κ2) is 4.94. The monoisotopic (exact) mass is 281 g/mol. The Bertz CT molecular complexity index is 647. The number of nitrogens with zero attached hydrogens (tertiary/aromatic N) is 2. The Labute approximate surface area is 114 Å². The second-order valence-electron chi connectivity index (χ2n) is 5.04. The molecular formula is C14H14F3N3. The molecule has 1 saturated carbocycles. The fraction of sp³-hybridized carbons (Fsp3) is 0.357. The Balaban J connectivity index is 1.91. The maximum Gasteiger partial charge on any atom is 0.161 e. The van der Waals surface area contributed by atoms with Crippen LogP contribution in [0, 0.1) is 24.4 Å². The molecule has 0 atom stereocenters. The van der Waals surface area contributed by atoms with Crippen molar-refractivity contribution in [2.75, 3.05) is 0 Å². The highest BCUT2D eigenvalue weighted by atomic mass is 19.2. The van der Waals surface area contributed by atoms with Crippen LogP contribution in [-0.4, -0.2) is 15.8 Å². The number of hydrogen-bond acceptors (Lipinski definition) is 2. The lowest BCUT2D eigenvalue weighted by molar-refractivity contribution is 0.491. The van der Waals surface area contributed by atoms with Crippen LogP contribution in [0.25, 0.3) is 5.69 Å². The highest BCUT2D eigenvalue weighted by Gasteiger charge is 2.21. The van der Waals surface area contributed by atoms with Gasteiger partial charge < -0.3 is 5.32 Å². The summed E-state index contributed by atoms with van der Waals surface area (Å²) in [6.07, 6.45) is 3.96. The van der Waals surface area contributed by atoms with E-state index in [1.165, 1.54) is 17.5 Å². The highest BCUT2D eigenvalue weighted by Crippen LogP contribution is 2.22. The zero-order valence-corrected chi connectivity index (χ0v) is 11.0. The molecule has 0 radical (unpaired) electrons. The first-order valence-electron chi connectivity index (χ1n) is 6.48. The third kappa shape index (κ3) is 2.43. The fourth-order valence-electron chi connectivity index (χ4n) is 2.08. The van der Waals surface area contributed by atoms with Gasteiger partial charge in [0.05, 0.1) is 6.20 Å². The molecule has 3 rings (SSSR count). The molecule has 0 amide bonds. The first kappa shape index (κ1) is 13.2. The number of hydrogen-bond donors (Lipinski definition) is 1. The van der Waals surface area contributed by atoms with Gasteiger partial charge in [-0.05, 0) is 19.8 Å². The summed E-state index contributed by atoms with van der Waals surface area (Å²) in [5.74, 6) is -3.13. The Kier molecular flexibility index (Phi) is 3.25. The molecule has 106 valence electrons. The number of nitrogens with one attached hydrogen (secondary N) is 1. The number of rotatable bonds is 4. The molecule has 1 N–H and O–H groups in total. The summed E-state index contributed by atoms with van der Waals surface area (Å²) in [6.45, 7) is 2.42. The minimum Gasteiger partial charge on any atom is -0.310 e. The molecule has 0 spiro atoms. The van der Waals surface area contributed by atoms with Gasteiger partial charge in [-0.2, -0.15) is 5.10 Å². The summed E-state index contributed by atoms with van der Waals surface area (Å²) in [4.78, 5) is 0. The molecule has 20 heavy (non-hydrogen) atoms. The van der Waals surface area contributed by atoms with Crippen molar-refractivity contribution >= 4 is 0 Å². The number of benzene rings is 1. The topological polar surface area (TPSA) is 29.9 Å².